The minimum absolute atomic E-state index is 0.260. The number of ether oxygens (including phenoxy) is 1. The lowest BCUT2D eigenvalue weighted by atomic mass is 10.1. The molecule has 0 fully saturated rings. The van der Waals surface area contributed by atoms with Crippen LogP contribution in [0.3, 0.4) is 0 Å². The van der Waals surface area contributed by atoms with Gasteiger partial charge in [-0.1, -0.05) is 40.8 Å². The number of halogens is 1. The average Bonchev–Trinajstić information content (AvgIpc) is 2.17. The summed E-state index contributed by atoms with van der Waals surface area (Å²) in [5, 5.41) is 9.76. The maximum absolute atomic E-state index is 9.76. The van der Waals surface area contributed by atoms with Gasteiger partial charge in [-0.15, -0.1) is 0 Å². The first-order valence-electron chi connectivity index (χ1n) is 4.32. The van der Waals surface area contributed by atoms with Crippen molar-refractivity contribution in [3.8, 4) is 5.75 Å². The van der Waals surface area contributed by atoms with Crippen LogP contribution in [0.15, 0.2) is 40.5 Å². The van der Waals surface area contributed by atoms with E-state index >= 15 is 0 Å². The van der Waals surface area contributed by atoms with Crippen LogP contribution in [0.2, 0.25) is 0 Å². The van der Waals surface area contributed by atoms with Gasteiger partial charge in [0.15, 0.2) is 0 Å². The monoisotopic (exact) mass is 304 g/mol. The predicted octanol–water partition coefficient (Wildman–Crippen LogP) is 2.77. The lowest BCUT2D eigenvalue weighted by Gasteiger charge is -2.19. The van der Waals surface area contributed by atoms with Crippen LogP contribution in [0.4, 0.5) is 0 Å². The molecule has 0 aliphatic carbocycles. The molecule has 0 heterocycles. The van der Waals surface area contributed by atoms with Crippen LogP contribution < -0.4 is 4.74 Å². The van der Waals surface area contributed by atoms with Gasteiger partial charge in [0.25, 0.3) is 0 Å². The second-order valence-corrected chi connectivity index (χ2v) is 3.97. The van der Waals surface area contributed by atoms with Crippen molar-refractivity contribution in [2.45, 2.75) is 12.5 Å². The molecule has 0 radical (unpaired) electrons. The maximum atomic E-state index is 9.76. The van der Waals surface area contributed by atoms with Crippen LogP contribution in [0.1, 0.15) is 6.92 Å². The van der Waals surface area contributed by atoms with Crippen molar-refractivity contribution >= 4 is 22.6 Å². The van der Waals surface area contributed by atoms with E-state index < -0.39 is 5.60 Å². The molecule has 3 heteroatoms. The van der Waals surface area contributed by atoms with Crippen LogP contribution >= 0.6 is 22.6 Å². The van der Waals surface area contributed by atoms with E-state index in [1.807, 2.05) is 30.3 Å². The molecule has 0 aliphatic rings. The number of hydrogen-bond donors (Lipinski definition) is 1. The second-order valence-electron chi connectivity index (χ2n) is 3.25. The van der Waals surface area contributed by atoms with E-state index in [9.17, 15) is 5.11 Å². The molecule has 1 N–H and O–H groups in total. The highest BCUT2D eigenvalue weighted by atomic mass is 127. The Balaban J connectivity index is 2.49. The SMILES string of the molecule is CC(O)(/C=C/I)COc1ccccc1. The maximum Gasteiger partial charge on any atom is 0.120 e. The minimum atomic E-state index is -0.906. The van der Waals surface area contributed by atoms with Gasteiger partial charge in [-0.05, 0) is 29.2 Å². The van der Waals surface area contributed by atoms with Gasteiger partial charge in [0, 0.05) is 0 Å². The fraction of sp³-hybridized carbons (Fsp3) is 0.273. The normalized spacial score (nSPS) is 15.4. The molecular weight excluding hydrogens is 291 g/mol. The topological polar surface area (TPSA) is 29.5 Å². The van der Waals surface area contributed by atoms with E-state index in [0.29, 0.717) is 0 Å². The number of benzene rings is 1. The summed E-state index contributed by atoms with van der Waals surface area (Å²) in [6, 6.07) is 9.46. The van der Waals surface area contributed by atoms with Gasteiger partial charge in [0.2, 0.25) is 0 Å². The summed E-state index contributed by atoms with van der Waals surface area (Å²) in [7, 11) is 0. The summed E-state index contributed by atoms with van der Waals surface area (Å²) in [5.41, 5.74) is -0.906. The molecule has 0 saturated carbocycles. The quantitative estimate of drug-likeness (QED) is 0.867. The van der Waals surface area contributed by atoms with Crippen LogP contribution in [0.5, 0.6) is 5.75 Å². The van der Waals surface area contributed by atoms with Crippen molar-refractivity contribution < 1.29 is 9.84 Å². The van der Waals surface area contributed by atoms with Crippen molar-refractivity contribution in [2.75, 3.05) is 6.61 Å². The standard InChI is InChI=1S/C11H13IO2/c1-11(13,7-8-12)9-14-10-5-3-2-4-6-10/h2-8,13H,9H2,1H3/b8-7+. The lowest BCUT2D eigenvalue weighted by molar-refractivity contribution is 0.0546. The molecule has 0 aromatic heterocycles. The highest BCUT2D eigenvalue weighted by Crippen LogP contribution is 2.13. The zero-order chi connectivity index (χ0) is 10.4. The Morgan fingerprint density at radius 2 is 2.07 bits per heavy atom. The third-order valence-corrected chi connectivity index (χ3v) is 2.06. The summed E-state index contributed by atoms with van der Waals surface area (Å²) >= 11 is 2.07. The lowest BCUT2D eigenvalue weighted by Crippen LogP contribution is -2.29. The van der Waals surface area contributed by atoms with Crippen LogP contribution in [0.25, 0.3) is 0 Å². The van der Waals surface area contributed by atoms with E-state index in [-0.39, 0.29) is 6.61 Å². The molecule has 76 valence electrons. The molecule has 0 bridgehead atoms. The first kappa shape index (κ1) is 11.5. The second kappa shape index (κ2) is 5.36. The summed E-state index contributed by atoms with van der Waals surface area (Å²) < 4.78 is 7.20. The van der Waals surface area contributed by atoms with Gasteiger partial charge in [0.1, 0.15) is 18.0 Å². The molecule has 0 saturated heterocycles. The van der Waals surface area contributed by atoms with E-state index in [2.05, 4.69) is 22.6 Å². The fourth-order valence-electron chi connectivity index (χ4n) is 0.930. The van der Waals surface area contributed by atoms with E-state index in [1.54, 1.807) is 17.1 Å². The Morgan fingerprint density at radius 3 is 2.64 bits per heavy atom. The highest BCUT2D eigenvalue weighted by Gasteiger charge is 2.16. The first-order chi connectivity index (χ1) is 6.64. The van der Waals surface area contributed by atoms with Crippen LogP contribution in [-0.2, 0) is 0 Å². The highest BCUT2D eigenvalue weighted by molar-refractivity contribution is 14.1. The molecule has 1 atom stereocenters. The summed E-state index contributed by atoms with van der Waals surface area (Å²) in [4.78, 5) is 0. The van der Waals surface area contributed by atoms with E-state index in [4.69, 9.17) is 4.74 Å². The van der Waals surface area contributed by atoms with Gasteiger partial charge >= 0.3 is 0 Å². The third kappa shape index (κ3) is 4.11. The fourth-order valence-corrected chi connectivity index (χ4v) is 1.70. The predicted molar refractivity (Wildman–Crippen MR) is 65.7 cm³/mol. The first-order valence-corrected chi connectivity index (χ1v) is 5.57. The van der Waals surface area contributed by atoms with Crippen LogP contribution in [0, 0.1) is 0 Å². The molecule has 14 heavy (non-hydrogen) atoms. The number of aliphatic hydroxyl groups is 1. The molecule has 0 aliphatic heterocycles. The molecule has 2 nitrogen and oxygen atoms in total. The zero-order valence-corrected chi connectivity index (χ0v) is 10.1. The van der Waals surface area contributed by atoms with Crippen LogP contribution in [-0.4, -0.2) is 17.3 Å². The van der Waals surface area contributed by atoms with Gasteiger partial charge in [-0.3, -0.25) is 0 Å². The van der Waals surface area contributed by atoms with Gasteiger partial charge in [-0.25, -0.2) is 0 Å². The molecule has 0 spiro atoms. The third-order valence-electron chi connectivity index (χ3n) is 1.70. The molecular formula is C11H13IO2. The number of para-hydroxylation sites is 1. The Kier molecular flexibility index (Phi) is 4.41. The van der Waals surface area contributed by atoms with Gasteiger partial charge in [0.05, 0.1) is 0 Å². The zero-order valence-electron chi connectivity index (χ0n) is 7.98. The Bertz CT molecular complexity index is 293. The summed E-state index contributed by atoms with van der Waals surface area (Å²) in [6.45, 7) is 1.97. The summed E-state index contributed by atoms with van der Waals surface area (Å²) in [5.74, 6) is 0.773. The Hall–Kier alpha value is -0.550. The average molecular weight is 304 g/mol. The molecule has 1 aromatic rings. The molecule has 1 unspecified atom stereocenters. The van der Waals surface area contributed by atoms with Crippen molar-refractivity contribution in [3.63, 3.8) is 0 Å². The minimum Gasteiger partial charge on any atom is -0.490 e. The van der Waals surface area contributed by atoms with E-state index in [0.717, 1.165) is 5.75 Å². The molecule has 1 aromatic carbocycles. The van der Waals surface area contributed by atoms with Gasteiger partial charge < -0.3 is 9.84 Å². The summed E-state index contributed by atoms with van der Waals surface area (Å²) in [6.07, 6.45) is 1.70. The Labute approximate surface area is 97.7 Å². The largest absolute Gasteiger partial charge is 0.490 e. The van der Waals surface area contributed by atoms with Crippen molar-refractivity contribution in [1.29, 1.82) is 0 Å². The number of rotatable bonds is 4. The van der Waals surface area contributed by atoms with Crippen molar-refractivity contribution in [1.82, 2.24) is 0 Å². The number of hydrogen-bond acceptors (Lipinski definition) is 2. The van der Waals surface area contributed by atoms with Crippen molar-refractivity contribution in [3.05, 3.63) is 40.5 Å². The van der Waals surface area contributed by atoms with Crippen molar-refractivity contribution in [2.24, 2.45) is 0 Å². The molecule has 0 amide bonds. The smallest absolute Gasteiger partial charge is 0.120 e. The Morgan fingerprint density at radius 1 is 1.43 bits per heavy atom. The van der Waals surface area contributed by atoms with E-state index in [1.165, 1.54) is 0 Å². The van der Waals surface area contributed by atoms with Gasteiger partial charge in [-0.2, -0.15) is 0 Å². The molecule has 1 rings (SSSR count).